The van der Waals surface area contributed by atoms with E-state index in [-0.39, 0.29) is 18.2 Å². The highest BCUT2D eigenvalue weighted by Crippen LogP contribution is 2.19. The van der Waals surface area contributed by atoms with Crippen molar-refractivity contribution in [2.45, 2.75) is 64.1 Å². The van der Waals surface area contributed by atoms with Gasteiger partial charge in [0.05, 0.1) is 23.4 Å². The summed E-state index contributed by atoms with van der Waals surface area (Å²) in [5, 5.41) is 18.3. The van der Waals surface area contributed by atoms with Crippen molar-refractivity contribution in [1.29, 1.82) is 0 Å². The lowest BCUT2D eigenvalue weighted by Crippen LogP contribution is -2.43. The number of aromatic nitrogens is 1. The average Bonchev–Trinajstić information content (AvgIpc) is 2.88. The second-order valence-corrected chi connectivity index (χ2v) is 6.55. The van der Waals surface area contributed by atoms with E-state index in [1.165, 1.54) is 0 Å². The number of hydrogen-bond donors (Lipinski definition) is 3. The van der Waals surface area contributed by atoms with Crippen LogP contribution in [0.15, 0.2) is 5.38 Å². The Balaban J connectivity index is 1.71. The average molecular weight is 297 g/mol. The third-order valence-corrected chi connectivity index (χ3v) is 4.72. The lowest BCUT2D eigenvalue weighted by atomic mass is 9.93. The minimum Gasteiger partial charge on any atom is -0.393 e. The van der Waals surface area contributed by atoms with Crippen LogP contribution in [0.25, 0.3) is 0 Å². The largest absolute Gasteiger partial charge is 0.393 e. The molecule has 1 saturated carbocycles. The fourth-order valence-electron chi connectivity index (χ4n) is 2.30. The molecule has 0 aromatic carbocycles. The van der Waals surface area contributed by atoms with E-state index in [0.717, 1.165) is 36.4 Å². The molecule has 1 aliphatic carbocycles. The molecule has 0 bridgehead atoms. The molecule has 1 aromatic rings. The minimum absolute atomic E-state index is 0.148. The Kier molecular flexibility index (Phi) is 5.37. The van der Waals surface area contributed by atoms with Gasteiger partial charge < -0.3 is 15.7 Å². The molecule has 2 amide bonds. The molecule has 1 aromatic heterocycles. The summed E-state index contributed by atoms with van der Waals surface area (Å²) in [6.45, 7) is 4.69. The fourth-order valence-corrected chi connectivity index (χ4v) is 3.13. The zero-order valence-corrected chi connectivity index (χ0v) is 12.9. The number of thiazole rings is 1. The molecule has 20 heavy (non-hydrogen) atoms. The number of aliphatic hydroxyl groups is 1. The highest BCUT2D eigenvalue weighted by molar-refractivity contribution is 7.09. The highest BCUT2D eigenvalue weighted by atomic mass is 32.1. The number of nitrogens with one attached hydrogen (secondary N) is 2. The fraction of sp³-hybridized carbons (Fsp3) is 0.714. The van der Waals surface area contributed by atoms with Gasteiger partial charge in [0.15, 0.2) is 0 Å². The summed E-state index contributed by atoms with van der Waals surface area (Å²) in [5.41, 5.74) is 0.910. The van der Waals surface area contributed by atoms with Gasteiger partial charge in [-0.1, -0.05) is 13.8 Å². The van der Waals surface area contributed by atoms with Crippen LogP contribution in [0.2, 0.25) is 0 Å². The molecule has 0 spiro atoms. The van der Waals surface area contributed by atoms with Crippen LogP contribution in [0, 0.1) is 0 Å². The van der Waals surface area contributed by atoms with Gasteiger partial charge in [-0.05, 0) is 25.7 Å². The topological polar surface area (TPSA) is 74.2 Å². The van der Waals surface area contributed by atoms with Crippen molar-refractivity contribution in [2.24, 2.45) is 0 Å². The monoisotopic (exact) mass is 297 g/mol. The van der Waals surface area contributed by atoms with E-state index in [1.54, 1.807) is 11.3 Å². The zero-order valence-electron chi connectivity index (χ0n) is 12.1. The normalized spacial score (nSPS) is 22.8. The number of amides is 2. The highest BCUT2D eigenvalue weighted by Gasteiger charge is 2.20. The molecule has 112 valence electrons. The SMILES string of the molecule is CC(C)c1nc(CNC(=O)NC2CCC(O)CC2)cs1. The Morgan fingerprint density at radius 2 is 2.15 bits per heavy atom. The van der Waals surface area contributed by atoms with E-state index < -0.39 is 0 Å². The first kappa shape index (κ1) is 15.3. The molecule has 1 heterocycles. The van der Waals surface area contributed by atoms with Gasteiger partial charge in [0.25, 0.3) is 0 Å². The van der Waals surface area contributed by atoms with Crippen molar-refractivity contribution >= 4 is 17.4 Å². The molecule has 6 heteroatoms. The molecule has 1 fully saturated rings. The molecular weight excluding hydrogens is 274 g/mol. The van der Waals surface area contributed by atoms with Crippen molar-refractivity contribution in [3.63, 3.8) is 0 Å². The van der Waals surface area contributed by atoms with Crippen molar-refractivity contribution in [2.75, 3.05) is 0 Å². The number of nitrogens with zero attached hydrogens (tertiary/aromatic N) is 1. The summed E-state index contributed by atoms with van der Waals surface area (Å²) in [6.07, 6.45) is 3.05. The number of aliphatic hydroxyl groups excluding tert-OH is 1. The predicted molar refractivity (Wildman–Crippen MR) is 79.8 cm³/mol. The quantitative estimate of drug-likeness (QED) is 0.798. The molecule has 2 rings (SSSR count). The van der Waals surface area contributed by atoms with Crippen LogP contribution in [0.3, 0.4) is 0 Å². The van der Waals surface area contributed by atoms with E-state index in [0.29, 0.717) is 12.5 Å². The Hall–Kier alpha value is -1.14. The molecule has 0 aliphatic heterocycles. The predicted octanol–water partition coefficient (Wildman–Crippen LogP) is 2.37. The van der Waals surface area contributed by atoms with Crippen molar-refractivity contribution in [3.05, 3.63) is 16.1 Å². The molecule has 3 N–H and O–H groups in total. The molecular formula is C14H23N3O2S. The van der Waals surface area contributed by atoms with Crippen LogP contribution in [0.5, 0.6) is 0 Å². The van der Waals surface area contributed by atoms with Gasteiger partial charge in [-0.2, -0.15) is 0 Å². The van der Waals surface area contributed by atoms with E-state index in [1.807, 2.05) is 5.38 Å². The van der Waals surface area contributed by atoms with Gasteiger partial charge in [0.1, 0.15) is 0 Å². The first-order valence-corrected chi connectivity index (χ1v) is 8.09. The molecule has 1 aliphatic rings. The zero-order chi connectivity index (χ0) is 14.5. The third kappa shape index (κ3) is 4.45. The van der Waals surface area contributed by atoms with Crippen LogP contribution in [-0.2, 0) is 6.54 Å². The molecule has 0 saturated heterocycles. The van der Waals surface area contributed by atoms with Gasteiger partial charge in [0, 0.05) is 17.3 Å². The second-order valence-electron chi connectivity index (χ2n) is 5.66. The van der Waals surface area contributed by atoms with E-state index in [4.69, 9.17) is 0 Å². The van der Waals surface area contributed by atoms with Crippen LogP contribution in [0.1, 0.15) is 56.2 Å². The molecule has 0 unspecified atom stereocenters. The van der Waals surface area contributed by atoms with Crippen LogP contribution < -0.4 is 10.6 Å². The van der Waals surface area contributed by atoms with Crippen molar-refractivity contribution in [3.8, 4) is 0 Å². The minimum atomic E-state index is -0.194. The Morgan fingerprint density at radius 1 is 1.45 bits per heavy atom. The standard InChI is InChI=1S/C14H23N3O2S/c1-9(2)13-16-11(8-20-13)7-15-14(19)17-10-3-5-12(18)6-4-10/h8-10,12,18H,3-7H2,1-2H3,(H2,15,17,19). The molecule has 0 radical (unpaired) electrons. The Morgan fingerprint density at radius 3 is 2.75 bits per heavy atom. The Bertz CT molecular complexity index is 439. The number of carbonyl (C=O) groups excluding carboxylic acids is 1. The number of carbonyl (C=O) groups is 1. The maximum absolute atomic E-state index is 11.8. The first-order valence-electron chi connectivity index (χ1n) is 7.21. The number of urea groups is 1. The summed E-state index contributed by atoms with van der Waals surface area (Å²) in [5.74, 6) is 0.427. The summed E-state index contributed by atoms with van der Waals surface area (Å²) in [6, 6.07) is 0.0329. The van der Waals surface area contributed by atoms with Gasteiger partial charge >= 0.3 is 6.03 Å². The van der Waals surface area contributed by atoms with Gasteiger partial charge in [0.2, 0.25) is 0 Å². The van der Waals surface area contributed by atoms with E-state index in [9.17, 15) is 9.90 Å². The van der Waals surface area contributed by atoms with Crippen molar-refractivity contribution < 1.29 is 9.90 Å². The maximum atomic E-state index is 11.8. The lowest BCUT2D eigenvalue weighted by Gasteiger charge is -2.26. The summed E-state index contributed by atoms with van der Waals surface area (Å²) >= 11 is 1.63. The van der Waals surface area contributed by atoms with Crippen LogP contribution in [0.4, 0.5) is 4.79 Å². The van der Waals surface area contributed by atoms with Gasteiger partial charge in [-0.3, -0.25) is 0 Å². The summed E-state index contributed by atoms with van der Waals surface area (Å²) < 4.78 is 0. The third-order valence-electron chi connectivity index (χ3n) is 3.53. The van der Waals surface area contributed by atoms with E-state index in [2.05, 4.69) is 29.5 Å². The van der Waals surface area contributed by atoms with Crippen LogP contribution in [-0.4, -0.2) is 28.3 Å². The second kappa shape index (κ2) is 7.04. The van der Waals surface area contributed by atoms with E-state index >= 15 is 0 Å². The smallest absolute Gasteiger partial charge is 0.315 e. The van der Waals surface area contributed by atoms with Crippen molar-refractivity contribution in [1.82, 2.24) is 15.6 Å². The Labute approximate surface area is 123 Å². The molecule has 5 nitrogen and oxygen atoms in total. The van der Waals surface area contributed by atoms with Crippen LogP contribution >= 0.6 is 11.3 Å². The number of hydrogen-bond acceptors (Lipinski definition) is 4. The van der Waals surface area contributed by atoms with Gasteiger partial charge in [-0.25, -0.2) is 9.78 Å². The molecule has 0 atom stereocenters. The lowest BCUT2D eigenvalue weighted by molar-refractivity contribution is 0.117. The summed E-state index contributed by atoms with van der Waals surface area (Å²) in [7, 11) is 0. The summed E-state index contributed by atoms with van der Waals surface area (Å²) in [4.78, 5) is 16.3. The van der Waals surface area contributed by atoms with Gasteiger partial charge in [-0.15, -0.1) is 11.3 Å². The first-order chi connectivity index (χ1) is 9.54. The number of rotatable bonds is 4. The maximum Gasteiger partial charge on any atom is 0.315 e.